The molecule has 0 saturated heterocycles. The van der Waals surface area contributed by atoms with Gasteiger partial charge in [-0.25, -0.2) is 0 Å². The van der Waals surface area contributed by atoms with Crippen molar-refractivity contribution in [2.45, 2.75) is 19.3 Å². The van der Waals surface area contributed by atoms with Crippen LogP contribution in [0.25, 0.3) is 11.0 Å². The van der Waals surface area contributed by atoms with Gasteiger partial charge in [0.15, 0.2) is 5.78 Å². The largest absolute Gasteiger partial charge is 0.508 e. The molecule has 0 saturated carbocycles. The van der Waals surface area contributed by atoms with E-state index in [9.17, 15) is 9.90 Å². The van der Waals surface area contributed by atoms with Crippen LogP contribution in [0, 0.1) is 0 Å². The molecular weight excluding hydrogens is 264 g/mol. The molecule has 3 aromatic rings. The zero-order valence-corrected chi connectivity index (χ0v) is 11.8. The molecule has 2 aromatic carbocycles. The summed E-state index contributed by atoms with van der Waals surface area (Å²) in [5.74, 6) is 0.723. The van der Waals surface area contributed by atoms with E-state index in [1.54, 1.807) is 18.2 Å². The van der Waals surface area contributed by atoms with Gasteiger partial charge in [0, 0.05) is 16.4 Å². The fraction of sp³-hybridized carbons (Fsp3) is 0.167. The molecule has 0 unspecified atom stereocenters. The van der Waals surface area contributed by atoms with E-state index >= 15 is 0 Å². The second kappa shape index (κ2) is 3.76. The van der Waals surface area contributed by atoms with Gasteiger partial charge in [-0.2, -0.15) is 0 Å². The van der Waals surface area contributed by atoms with Crippen molar-refractivity contribution < 1.29 is 14.3 Å². The Balaban J connectivity index is 2.14. The van der Waals surface area contributed by atoms with Crippen LogP contribution in [0.4, 0.5) is 0 Å². The lowest BCUT2D eigenvalue weighted by atomic mass is 9.72. The number of aromatic hydroxyl groups is 1. The van der Waals surface area contributed by atoms with Gasteiger partial charge in [-0.15, -0.1) is 0 Å². The molecule has 1 aliphatic rings. The summed E-state index contributed by atoms with van der Waals surface area (Å²) in [7, 11) is 0. The van der Waals surface area contributed by atoms with Gasteiger partial charge in [0.25, 0.3) is 0 Å². The molecule has 1 heterocycles. The number of phenolic OH excluding ortho intramolecular Hbond substituents is 1. The monoisotopic (exact) mass is 278 g/mol. The molecule has 1 aromatic heterocycles. The van der Waals surface area contributed by atoms with Crippen LogP contribution in [0.5, 0.6) is 5.75 Å². The Kier molecular flexibility index (Phi) is 2.18. The third-order valence-corrected chi connectivity index (χ3v) is 4.31. The molecule has 0 spiro atoms. The van der Waals surface area contributed by atoms with Crippen molar-refractivity contribution in [3.05, 3.63) is 64.9 Å². The molecule has 21 heavy (non-hydrogen) atoms. The highest BCUT2D eigenvalue weighted by atomic mass is 16.3. The van der Waals surface area contributed by atoms with Crippen molar-refractivity contribution in [1.82, 2.24) is 0 Å². The van der Waals surface area contributed by atoms with E-state index < -0.39 is 5.41 Å². The fourth-order valence-electron chi connectivity index (χ4n) is 3.23. The third kappa shape index (κ3) is 1.46. The summed E-state index contributed by atoms with van der Waals surface area (Å²) < 4.78 is 5.98. The Morgan fingerprint density at radius 2 is 1.86 bits per heavy atom. The lowest BCUT2D eigenvalue weighted by Crippen LogP contribution is -2.29. The number of rotatable bonds is 0. The average molecular weight is 278 g/mol. The smallest absolute Gasteiger partial charge is 0.197 e. The first-order chi connectivity index (χ1) is 10.00. The van der Waals surface area contributed by atoms with E-state index in [-0.39, 0.29) is 11.5 Å². The van der Waals surface area contributed by atoms with Crippen LogP contribution in [0.2, 0.25) is 0 Å². The molecule has 4 rings (SSSR count). The van der Waals surface area contributed by atoms with Gasteiger partial charge < -0.3 is 9.52 Å². The number of ketones is 1. The number of phenols is 1. The van der Waals surface area contributed by atoms with Crippen LogP contribution < -0.4 is 0 Å². The van der Waals surface area contributed by atoms with Gasteiger partial charge in [-0.05, 0) is 37.6 Å². The third-order valence-electron chi connectivity index (χ3n) is 4.31. The molecule has 1 N–H and O–H groups in total. The van der Waals surface area contributed by atoms with E-state index in [0.29, 0.717) is 16.9 Å². The first-order valence-electron chi connectivity index (χ1n) is 6.90. The van der Waals surface area contributed by atoms with Gasteiger partial charge in [-0.1, -0.05) is 24.3 Å². The summed E-state index contributed by atoms with van der Waals surface area (Å²) in [5, 5.41) is 10.5. The summed E-state index contributed by atoms with van der Waals surface area (Å²) in [6.07, 6.45) is 0. The number of hydrogen-bond donors (Lipinski definition) is 1. The number of benzene rings is 2. The summed E-state index contributed by atoms with van der Waals surface area (Å²) in [5.41, 5.74) is 2.37. The standard InChI is InChI=1S/C18H14O3/c1-18(2)13-8-7-10(19)9-12(13)16(20)15-11-5-3-4-6-14(11)21-17(15)18/h3-9,19H,1-2H3. The molecule has 0 aliphatic heterocycles. The highest BCUT2D eigenvalue weighted by Gasteiger charge is 2.41. The molecule has 104 valence electrons. The Morgan fingerprint density at radius 1 is 1.10 bits per heavy atom. The van der Waals surface area contributed by atoms with Gasteiger partial charge in [0.1, 0.15) is 17.1 Å². The van der Waals surface area contributed by atoms with Crippen molar-refractivity contribution in [1.29, 1.82) is 0 Å². The highest BCUT2D eigenvalue weighted by molar-refractivity contribution is 6.19. The van der Waals surface area contributed by atoms with Gasteiger partial charge in [-0.3, -0.25) is 4.79 Å². The minimum atomic E-state index is -0.411. The van der Waals surface area contributed by atoms with Crippen LogP contribution in [0.3, 0.4) is 0 Å². The van der Waals surface area contributed by atoms with Crippen LogP contribution in [0.1, 0.15) is 41.1 Å². The molecule has 0 bridgehead atoms. The minimum absolute atomic E-state index is 0.0832. The number of furan rings is 1. The van der Waals surface area contributed by atoms with Crippen LogP contribution in [0.15, 0.2) is 46.9 Å². The maximum Gasteiger partial charge on any atom is 0.197 e. The summed E-state index contributed by atoms with van der Waals surface area (Å²) >= 11 is 0. The van der Waals surface area contributed by atoms with E-state index in [1.165, 1.54) is 0 Å². The molecule has 0 atom stereocenters. The van der Waals surface area contributed by atoms with Gasteiger partial charge in [0.2, 0.25) is 0 Å². The van der Waals surface area contributed by atoms with Crippen molar-refractivity contribution >= 4 is 16.8 Å². The lowest BCUT2D eigenvalue weighted by Gasteiger charge is -2.30. The molecule has 3 heteroatoms. The van der Waals surface area contributed by atoms with E-state index in [2.05, 4.69) is 0 Å². The Hall–Kier alpha value is -2.55. The number of para-hydroxylation sites is 1. The number of fused-ring (bicyclic) bond motifs is 4. The van der Waals surface area contributed by atoms with Crippen molar-refractivity contribution in [3.63, 3.8) is 0 Å². The minimum Gasteiger partial charge on any atom is -0.508 e. The molecule has 0 amide bonds. The second-order valence-electron chi connectivity index (χ2n) is 5.99. The summed E-state index contributed by atoms with van der Waals surface area (Å²) in [4.78, 5) is 12.9. The van der Waals surface area contributed by atoms with Crippen LogP contribution in [-0.2, 0) is 5.41 Å². The maximum atomic E-state index is 12.9. The summed E-state index contributed by atoms with van der Waals surface area (Å²) in [6.45, 7) is 4.08. The van der Waals surface area contributed by atoms with E-state index in [0.717, 1.165) is 16.5 Å². The molecular formula is C18H14O3. The Morgan fingerprint density at radius 3 is 2.67 bits per heavy atom. The maximum absolute atomic E-state index is 12.9. The zero-order chi connectivity index (χ0) is 14.8. The SMILES string of the molecule is CC1(C)c2ccc(O)cc2C(=O)c2c1oc1ccccc21. The Bertz CT molecular complexity index is 900. The average Bonchev–Trinajstić information content (AvgIpc) is 2.85. The zero-order valence-electron chi connectivity index (χ0n) is 11.8. The first kappa shape index (κ1) is 12.2. The van der Waals surface area contributed by atoms with Gasteiger partial charge >= 0.3 is 0 Å². The van der Waals surface area contributed by atoms with Crippen LogP contribution in [-0.4, -0.2) is 10.9 Å². The number of carbonyl (C=O) groups excluding carboxylic acids is 1. The van der Waals surface area contributed by atoms with Crippen LogP contribution >= 0.6 is 0 Å². The Labute approximate surface area is 121 Å². The fourth-order valence-corrected chi connectivity index (χ4v) is 3.23. The van der Waals surface area contributed by atoms with Crippen molar-refractivity contribution in [2.75, 3.05) is 0 Å². The van der Waals surface area contributed by atoms with Crippen molar-refractivity contribution in [2.24, 2.45) is 0 Å². The number of hydrogen-bond acceptors (Lipinski definition) is 3. The molecule has 1 aliphatic carbocycles. The quantitative estimate of drug-likeness (QED) is 0.676. The topological polar surface area (TPSA) is 50.4 Å². The van der Waals surface area contributed by atoms with Crippen molar-refractivity contribution in [3.8, 4) is 5.75 Å². The summed E-state index contributed by atoms with van der Waals surface area (Å²) in [6, 6.07) is 12.5. The molecule has 0 radical (unpaired) electrons. The normalized spacial score (nSPS) is 15.8. The van der Waals surface area contributed by atoms with E-state index in [4.69, 9.17) is 4.42 Å². The lowest BCUT2D eigenvalue weighted by molar-refractivity contribution is 0.102. The molecule has 3 nitrogen and oxygen atoms in total. The van der Waals surface area contributed by atoms with E-state index in [1.807, 2.05) is 38.1 Å². The predicted octanol–water partition coefficient (Wildman–Crippen LogP) is 4.01. The first-order valence-corrected chi connectivity index (χ1v) is 6.90. The molecule has 0 fully saturated rings. The van der Waals surface area contributed by atoms with Gasteiger partial charge in [0.05, 0.1) is 5.56 Å². The predicted molar refractivity (Wildman–Crippen MR) is 79.9 cm³/mol. The second-order valence-corrected chi connectivity index (χ2v) is 5.99. The highest BCUT2D eigenvalue weighted by Crippen LogP contribution is 2.45. The number of carbonyl (C=O) groups is 1.